The highest BCUT2D eigenvalue weighted by Gasteiger charge is 2.34. The first kappa shape index (κ1) is 26.8. The Hall–Kier alpha value is -2.82. The molecule has 2 N–H and O–H groups in total. The van der Waals surface area contributed by atoms with Gasteiger partial charge in [-0.1, -0.05) is 113 Å². The van der Waals surface area contributed by atoms with E-state index >= 15 is 0 Å². The van der Waals surface area contributed by atoms with Crippen LogP contribution in [0, 0.1) is 0 Å². The Morgan fingerprint density at radius 1 is 0.500 bits per heavy atom. The molecule has 0 unspecified atom stereocenters. The number of halogens is 4. The highest BCUT2D eigenvalue weighted by Crippen LogP contribution is 2.44. The summed E-state index contributed by atoms with van der Waals surface area (Å²) in [5.74, 6) is -2.57. The van der Waals surface area contributed by atoms with Crippen molar-refractivity contribution in [3.8, 4) is 11.1 Å². The molecule has 0 bridgehead atoms. The van der Waals surface area contributed by atoms with Gasteiger partial charge in [-0.15, -0.1) is 0 Å². The first-order chi connectivity index (χ1) is 18.2. The molecule has 0 radical (unpaired) electrons. The number of rotatable bonds is 6. The lowest BCUT2D eigenvalue weighted by Crippen LogP contribution is -2.28. The number of hydrogen-bond acceptors (Lipinski definition) is 2. The quantitative estimate of drug-likeness (QED) is 0.155. The summed E-state index contributed by atoms with van der Waals surface area (Å²) in [5.41, 5.74) is 4.93. The van der Waals surface area contributed by atoms with E-state index in [2.05, 4.69) is 0 Å². The molecule has 0 amide bonds. The van der Waals surface area contributed by atoms with Gasteiger partial charge in [0.25, 0.3) is 0 Å². The van der Waals surface area contributed by atoms with Crippen molar-refractivity contribution < 1.29 is 10.2 Å². The Bertz CT molecular complexity index is 1500. The Labute approximate surface area is 241 Å². The predicted molar refractivity (Wildman–Crippen MR) is 157 cm³/mol. The largest absolute Gasteiger partial charge is 0.358 e. The molecule has 0 saturated carbocycles. The van der Waals surface area contributed by atoms with E-state index in [0.29, 0.717) is 36.8 Å². The number of hydrogen-bond donors (Lipinski definition) is 2. The van der Waals surface area contributed by atoms with Crippen molar-refractivity contribution in [2.75, 3.05) is 0 Å². The molecule has 0 fully saturated rings. The normalized spacial score (nSPS) is 11.7. The molecule has 5 aromatic carbocycles. The van der Waals surface area contributed by atoms with E-state index in [4.69, 9.17) is 46.4 Å². The van der Waals surface area contributed by atoms with Gasteiger partial charge >= 0.3 is 0 Å². The summed E-state index contributed by atoms with van der Waals surface area (Å²) in [4.78, 5) is 0. The molecule has 0 atom stereocenters. The molecular weight excluding hydrogens is 558 g/mol. The molecular formula is C32H22Cl4O2. The van der Waals surface area contributed by atoms with E-state index in [1.165, 1.54) is 0 Å². The summed E-state index contributed by atoms with van der Waals surface area (Å²) in [5, 5.41) is 25.6. The third-order valence-corrected chi connectivity index (χ3v) is 7.58. The van der Waals surface area contributed by atoms with Crippen LogP contribution in [0.15, 0.2) is 115 Å². The predicted octanol–water partition coefficient (Wildman–Crippen LogP) is 9.33. The zero-order valence-electron chi connectivity index (χ0n) is 20.0. The summed E-state index contributed by atoms with van der Waals surface area (Å²) >= 11 is 24.8. The van der Waals surface area contributed by atoms with E-state index < -0.39 is 5.79 Å². The van der Waals surface area contributed by atoms with Gasteiger partial charge in [-0.25, -0.2) is 0 Å². The van der Waals surface area contributed by atoms with Gasteiger partial charge in [0, 0.05) is 37.1 Å². The Kier molecular flexibility index (Phi) is 7.83. The highest BCUT2D eigenvalue weighted by atomic mass is 35.5. The van der Waals surface area contributed by atoms with Gasteiger partial charge < -0.3 is 10.2 Å². The van der Waals surface area contributed by atoms with Crippen molar-refractivity contribution >= 4 is 46.4 Å². The second-order valence-electron chi connectivity index (χ2n) is 8.99. The molecule has 0 heterocycles. The van der Waals surface area contributed by atoms with Crippen molar-refractivity contribution in [3.05, 3.63) is 163 Å². The molecule has 0 spiro atoms. The number of aliphatic hydroxyl groups is 2. The van der Waals surface area contributed by atoms with Crippen molar-refractivity contribution in [3.63, 3.8) is 0 Å². The zero-order valence-corrected chi connectivity index (χ0v) is 23.0. The Balaban J connectivity index is 1.81. The first-order valence-corrected chi connectivity index (χ1v) is 13.4. The monoisotopic (exact) mass is 578 g/mol. The fraction of sp³-hybridized carbons (Fsp3) is 0.0625. The van der Waals surface area contributed by atoms with Gasteiger partial charge in [-0.05, 0) is 76.3 Å². The van der Waals surface area contributed by atoms with Crippen molar-refractivity contribution in [2.24, 2.45) is 0 Å². The van der Waals surface area contributed by atoms with E-state index in [1.807, 2.05) is 72.8 Å². The van der Waals surface area contributed by atoms with Crippen LogP contribution >= 0.6 is 46.4 Å². The van der Waals surface area contributed by atoms with Crippen molar-refractivity contribution in [1.29, 1.82) is 0 Å². The average molecular weight is 580 g/mol. The van der Waals surface area contributed by atoms with Gasteiger partial charge in [0.2, 0.25) is 5.79 Å². The maximum Gasteiger partial charge on any atom is 0.217 e. The topological polar surface area (TPSA) is 40.5 Å². The van der Waals surface area contributed by atoms with Crippen LogP contribution in [0.2, 0.25) is 20.1 Å². The lowest BCUT2D eigenvalue weighted by molar-refractivity contribution is -0.131. The van der Waals surface area contributed by atoms with Crippen LogP contribution in [0.3, 0.4) is 0 Å². The third kappa shape index (κ3) is 5.48. The van der Waals surface area contributed by atoms with Crippen molar-refractivity contribution in [1.82, 2.24) is 0 Å². The van der Waals surface area contributed by atoms with Gasteiger partial charge in [-0.3, -0.25) is 0 Å². The fourth-order valence-corrected chi connectivity index (χ4v) is 5.24. The van der Waals surface area contributed by atoms with Gasteiger partial charge in [-0.2, -0.15) is 0 Å². The third-order valence-electron chi connectivity index (χ3n) is 6.57. The summed E-state index contributed by atoms with van der Waals surface area (Å²) in [7, 11) is 0. The molecule has 38 heavy (non-hydrogen) atoms. The van der Waals surface area contributed by atoms with E-state index in [0.717, 1.165) is 22.3 Å². The average Bonchev–Trinajstić information content (AvgIpc) is 2.92. The van der Waals surface area contributed by atoms with Crippen LogP contribution in [0.5, 0.6) is 0 Å². The zero-order chi connectivity index (χ0) is 26.9. The molecule has 0 aromatic heterocycles. The van der Waals surface area contributed by atoms with Gasteiger partial charge in [0.15, 0.2) is 0 Å². The van der Waals surface area contributed by atoms with E-state index in [1.54, 1.807) is 42.5 Å². The minimum atomic E-state index is -2.31. The lowest BCUT2D eigenvalue weighted by atomic mass is 9.78. The van der Waals surface area contributed by atoms with Crippen LogP contribution in [-0.4, -0.2) is 10.2 Å². The molecule has 5 rings (SSSR count). The van der Waals surface area contributed by atoms with Gasteiger partial charge in [0.1, 0.15) is 0 Å². The maximum atomic E-state index is 11.6. The molecule has 190 valence electrons. The summed E-state index contributed by atoms with van der Waals surface area (Å²) in [6.45, 7) is 0. The van der Waals surface area contributed by atoms with E-state index in [-0.39, 0.29) is 5.92 Å². The Morgan fingerprint density at radius 3 is 1.39 bits per heavy atom. The number of benzene rings is 5. The second kappa shape index (κ2) is 11.1. The minimum Gasteiger partial charge on any atom is -0.358 e. The fourth-order valence-electron chi connectivity index (χ4n) is 4.74. The second-order valence-corrected chi connectivity index (χ2v) is 10.7. The SMILES string of the molecule is OC(O)(c1ccc(Cl)cc1)c1cccc(C(c2ccc(Cl)cc2)c2ccc(Cl)cc2)c1-c1ccc(Cl)cc1. The highest BCUT2D eigenvalue weighted by molar-refractivity contribution is 6.31. The van der Waals surface area contributed by atoms with E-state index in [9.17, 15) is 10.2 Å². The standard InChI is InChI=1S/C32H22Cl4O2/c33-24-12-4-20(5-13-24)30(21-6-14-25(34)15-7-21)28-2-1-3-29(31(28)22-8-16-26(35)17-9-22)32(37,38)23-10-18-27(36)19-11-23/h1-19,30,37-38H. The summed E-state index contributed by atoms with van der Waals surface area (Å²) < 4.78 is 0. The smallest absolute Gasteiger partial charge is 0.217 e. The maximum absolute atomic E-state index is 11.6. The molecule has 0 aliphatic rings. The summed E-state index contributed by atoms with van der Waals surface area (Å²) in [6, 6.07) is 34.7. The molecule has 2 nitrogen and oxygen atoms in total. The molecule has 0 saturated heterocycles. The molecule has 0 aliphatic heterocycles. The van der Waals surface area contributed by atoms with Crippen LogP contribution in [0.25, 0.3) is 11.1 Å². The van der Waals surface area contributed by atoms with Gasteiger partial charge in [0.05, 0.1) is 0 Å². The minimum absolute atomic E-state index is 0.267. The lowest BCUT2D eigenvalue weighted by Gasteiger charge is -2.30. The summed E-state index contributed by atoms with van der Waals surface area (Å²) in [6.07, 6.45) is 0. The van der Waals surface area contributed by atoms with Crippen LogP contribution in [0.4, 0.5) is 0 Å². The molecule has 5 aromatic rings. The molecule has 0 aliphatic carbocycles. The van der Waals surface area contributed by atoms with Crippen molar-refractivity contribution in [2.45, 2.75) is 11.7 Å². The molecule has 6 heteroatoms. The Morgan fingerprint density at radius 2 is 0.921 bits per heavy atom. The van der Waals surface area contributed by atoms with Crippen LogP contribution < -0.4 is 0 Å². The van der Waals surface area contributed by atoms with Crippen LogP contribution in [0.1, 0.15) is 33.7 Å². The van der Waals surface area contributed by atoms with Crippen LogP contribution in [-0.2, 0) is 5.79 Å². The first-order valence-electron chi connectivity index (χ1n) is 11.8.